The molecule has 0 saturated carbocycles. The lowest BCUT2D eigenvalue weighted by Crippen LogP contribution is -2.14. The molecule has 104 valence electrons. The van der Waals surface area contributed by atoms with Crippen molar-refractivity contribution in [2.24, 2.45) is 0 Å². The van der Waals surface area contributed by atoms with Gasteiger partial charge in [0.15, 0.2) is 0 Å². The third kappa shape index (κ3) is 4.18. The van der Waals surface area contributed by atoms with Crippen molar-refractivity contribution in [2.45, 2.75) is 4.90 Å². The van der Waals surface area contributed by atoms with E-state index in [1.54, 1.807) is 0 Å². The summed E-state index contributed by atoms with van der Waals surface area (Å²) >= 11 is 1.12. The van der Waals surface area contributed by atoms with Crippen LogP contribution in [0.4, 0.5) is 10.1 Å². The van der Waals surface area contributed by atoms with E-state index in [9.17, 15) is 19.3 Å². The van der Waals surface area contributed by atoms with Gasteiger partial charge in [0.25, 0.3) is 5.69 Å². The molecule has 0 amide bonds. The van der Waals surface area contributed by atoms with Gasteiger partial charge in [-0.2, -0.15) is 0 Å². The average molecular weight is 288 g/mol. The molecule has 0 aliphatic heterocycles. The predicted octanol–water partition coefficient (Wildman–Crippen LogP) is 2.09. The van der Waals surface area contributed by atoms with Crippen LogP contribution in [0, 0.1) is 15.9 Å². The Balaban J connectivity index is 3.04. The van der Waals surface area contributed by atoms with Crippen LogP contribution in [-0.4, -0.2) is 47.3 Å². The molecule has 8 heteroatoms. The minimum absolute atomic E-state index is 0.102. The fourth-order valence-electron chi connectivity index (χ4n) is 1.31. The van der Waals surface area contributed by atoms with Crippen LogP contribution >= 0.6 is 11.8 Å². The number of halogens is 1. The molecule has 0 saturated heterocycles. The molecule has 0 spiro atoms. The number of aromatic carboxylic acids is 1. The fraction of sp³-hybridized carbons (Fsp3) is 0.364. The molecular weight excluding hydrogens is 275 g/mol. The highest BCUT2D eigenvalue weighted by molar-refractivity contribution is 7.99. The van der Waals surface area contributed by atoms with Crippen molar-refractivity contribution in [3.8, 4) is 0 Å². The van der Waals surface area contributed by atoms with Gasteiger partial charge in [0.2, 0.25) is 0 Å². The molecule has 0 fully saturated rings. The second-order valence-electron chi connectivity index (χ2n) is 4.01. The Labute approximate surface area is 113 Å². The molecule has 0 aromatic heterocycles. The van der Waals surface area contributed by atoms with Gasteiger partial charge in [0.1, 0.15) is 11.4 Å². The maximum atomic E-state index is 13.6. The molecule has 0 atom stereocenters. The maximum Gasteiger partial charge on any atom is 0.342 e. The van der Waals surface area contributed by atoms with E-state index >= 15 is 0 Å². The van der Waals surface area contributed by atoms with Crippen LogP contribution in [0.1, 0.15) is 10.4 Å². The molecule has 0 aliphatic carbocycles. The summed E-state index contributed by atoms with van der Waals surface area (Å²) in [5, 5.41) is 19.6. The summed E-state index contributed by atoms with van der Waals surface area (Å²) in [4.78, 5) is 22.7. The number of hydrogen-bond acceptors (Lipinski definition) is 5. The SMILES string of the molecule is CN(C)CCSc1cc(C(=O)O)c([N+](=O)[O-])cc1F. The molecule has 1 rings (SSSR count). The molecule has 1 aromatic carbocycles. The average Bonchev–Trinajstić information content (AvgIpc) is 2.29. The van der Waals surface area contributed by atoms with Gasteiger partial charge >= 0.3 is 5.97 Å². The summed E-state index contributed by atoms with van der Waals surface area (Å²) in [6.45, 7) is 0.684. The minimum Gasteiger partial charge on any atom is -0.477 e. The van der Waals surface area contributed by atoms with Gasteiger partial charge in [-0.05, 0) is 20.2 Å². The van der Waals surface area contributed by atoms with Gasteiger partial charge in [-0.25, -0.2) is 9.18 Å². The molecule has 0 bridgehead atoms. The monoisotopic (exact) mass is 288 g/mol. The van der Waals surface area contributed by atoms with Crippen LogP contribution in [0.25, 0.3) is 0 Å². The molecule has 0 heterocycles. The molecule has 0 aliphatic rings. The molecule has 0 radical (unpaired) electrons. The number of carboxylic acid groups (broad SMARTS) is 1. The maximum absolute atomic E-state index is 13.6. The highest BCUT2D eigenvalue weighted by atomic mass is 32.2. The zero-order valence-corrected chi connectivity index (χ0v) is 11.2. The normalized spacial score (nSPS) is 10.7. The molecule has 1 N–H and O–H groups in total. The zero-order valence-electron chi connectivity index (χ0n) is 10.4. The van der Waals surface area contributed by atoms with E-state index in [1.165, 1.54) is 0 Å². The molecule has 1 aromatic rings. The van der Waals surface area contributed by atoms with Crippen molar-refractivity contribution >= 4 is 23.4 Å². The van der Waals surface area contributed by atoms with Crippen LogP contribution in [0.3, 0.4) is 0 Å². The van der Waals surface area contributed by atoms with Crippen LogP contribution in [0.15, 0.2) is 17.0 Å². The number of hydrogen-bond donors (Lipinski definition) is 1. The van der Waals surface area contributed by atoms with E-state index in [2.05, 4.69) is 0 Å². The minimum atomic E-state index is -1.44. The van der Waals surface area contributed by atoms with E-state index in [1.807, 2.05) is 19.0 Å². The molecule has 19 heavy (non-hydrogen) atoms. The Morgan fingerprint density at radius 2 is 2.16 bits per heavy atom. The summed E-state index contributed by atoms with van der Waals surface area (Å²) in [6.07, 6.45) is 0. The highest BCUT2D eigenvalue weighted by Crippen LogP contribution is 2.29. The highest BCUT2D eigenvalue weighted by Gasteiger charge is 2.23. The molecule has 6 nitrogen and oxygen atoms in total. The summed E-state index contributed by atoms with van der Waals surface area (Å²) in [5.74, 6) is -1.66. The Morgan fingerprint density at radius 3 is 2.63 bits per heavy atom. The number of benzene rings is 1. The lowest BCUT2D eigenvalue weighted by molar-refractivity contribution is -0.385. The first kappa shape index (κ1) is 15.4. The van der Waals surface area contributed by atoms with Crippen molar-refractivity contribution in [2.75, 3.05) is 26.4 Å². The van der Waals surface area contributed by atoms with Crippen molar-refractivity contribution in [1.29, 1.82) is 0 Å². The van der Waals surface area contributed by atoms with E-state index in [0.717, 1.165) is 17.8 Å². The number of thioether (sulfide) groups is 1. The van der Waals surface area contributed by atoms with Crippen molar-refractivity contribution in [3.05, 3.63) is 33.6 Å². The van der Waals surface area contributed by atoms with E-state index in [-0.39, 0.29) is 4.90 Å². The first-order valence-electron chi connectivity index (χ1n) is 5.31. The third-order valence-electron chi connectivity index (χ3n) is 2.27. The van der Waals surface area contributed by atoms with Gasteiger partial charge in [0.05, 0.1) is 11.0 Å². The number of nitro benzene ring substituents is 1. The van der Waals surface area contributed by atoms with Gasteiger partial charge in [-0.15, -0.1) is 11.8 Å². The Kier molecular flexibility index (Phi) is 5.25. The van der Waals surface area contributed by atoms with Gasteiger partial charge in [-0.1, -0.05) is 0 Å². The first-order valence-corrected chi connectivity index (χ1v) is 6.30. The van der Waals surface area contributed by atoms with E-state index in [0.29, 0.717) is 18.4 Å². The Hall–Kier alpha value is -1.67. The van der Waals surface area contributed by atoms with E-state index in [4.69, 9.17) is 5.11 Å². The van der Waals surface area contributed by atoms with Crippen molar-refractivity contribution in [1.82, 2.24) is 4.90 Å². The predicted molar refractivity (Wildman–Crippen MR) is 69.3 cm³/mol. The fourth-order valence-corrected chi connectivity index (χ4v) is 2.39. The lowest BCUT2D eigenvalue weighted by Gasteiger charge is -2.09. The van der Waals surface area contributed by atoms with Gasteiger partial charge in [0, 0.05) is 17.2 Å². The van der Waals surface area contributed by atoms with Crippen LogP contribution in [0.2, 0.25) is 0 Å². The molecule has 0 unspecified atom stereocenters. The third-order valence-corrected chi connectivity index (χ3v) is 3.28. The Bertz CT molecular complexity index is 508. The van der Waals surface area contributed by atoms with Crippen LogP contribution in [0.5, 0.6) is 0 Å². The Morgan fingerprint density at radius 1 is 1.53 bits per heavy atom. The largest absolute Gasteiger partial charge is 0.477 e. The summed E-state index contributed by atoms with van der Waals surface area (Å²) in [7, 11) is 3.71. The number of nitro groups is 1. The first-order chi connectivity index (χ1) is 8.82. The number of nitrogens with zero attached hydrogens (tertiary/aromatic N) is 2. The number of carboxylic acids is 1. The number of rotatable bonds is 6. The standard InChI is InChI=1S/C11H13FN2O4S/c1-13(2)3-4-19-10-5-7(11(15)16)9(14(17)18)6-8(10)12/h5-6H,3-4H2,1-2H3,(H,15,16). The second kappa shape index (κ2) is 6.48. The van der Waals surface area contributed by atoms with E-state index < -0.39 is 28.0 Å². The number of carbonyl (C=O) groups is 1. The van der Waals surface area contributed by atoms with Gasteiger partial charge in [-0.3, -0.25) is 10.1 Å². The lowest BCUT2D eigenvalue weighted by atomic mass is 10.2. The molecular formula is C11H13FN2O4S. The van der Waals surface area contributed by atoms with Crippen molar-refractivity contribution in [3.63, 3.8) is 0 Å². The van der Waals surface area contributed by atoms with Crippen LogP contribution in [-0.2, 0) is 0 Å². The van der Waals surface area contributed by atoms with Gasteiger partial charge < -0.3 is 10.0 Å². The summed E-state index contributed by atoms with van der Waals surface area (Å²) in [5.41, 5.74) is -1.24. The summed E-state index contributed by atoms with van der Waals surface area (Å²) < 4.78 is 13.6. The van der Waals surface area contributed by atoms with Crippen molar-refractivity contribution < 1.29 is 19.2 Å². The quantitative estimate of drug-likeness (QED) is 0.490. The summed E-state index contributed by atoms with van der Waals surface area (Å²) in [6, 6.07) is 1.66. The smallest absolute Gasteiger partial charge is 0.342 e. The zero-order chi connectivity index (χ0) is 14.6. The second-order valence-corrected chi connectivity index (χ2v) is 5.15. The topological polar surface area (TPSA) is 83.7 Å². The van der Waals surface area contributed by atoms with Crippen LogP contribution < -0.4 is 0 Å².